The van der Waals surface area contributed by atoms with Crippen LogP contribution in [0, 0.1) is 17.8 Å². The van der Waals surface area contributed by atoms with Crippen LogP contribution in [0.5, 0.6) is 0 Å². The summed E-state index contributed by atoms with van der Waals surface area (Å²) in [4.78, 5) is 62.1. The van der Waals surface area contributed by atoms with E-state index < -0.39 is 53.6 Å². The molecule has 0 radical (unpaired) electrons. The molecule has 0 aromatic heterocycles. The van der Waals surface area contributed by atoms with Gasteiger partial charge in [-0.1, -0.05) is 72.3 Å². The second-order valence-corrected chi connectivity index (χ2v) is 15.9. The number of likely N-dealkylation sites (tertiary alicyclic amines) is 1. The molecule has 2 bridgehead atoms. The van der Waals surface area contributed by atoms with Gasteiger partial charge in [-0.2, -0.15) is 0 Å². The van der Waals surface area contributed by atoms with Gasteiger partial charge in [0.2, 0.25) is 11.8 Å². The van der Waals surface area contributed by atoms with Crippen LogP contribution in [-0.2, 0) is 28.7 Å². The molecule has 292 valence electrons. The highest BCUT2D eigenvalue weighted by Gasteiger charge is 2.77. The van der Waals surface area contributed by atoms with Gasteiger partial charge in [0.1, 0.15) is 17.7 Å². The van der Waals surface area contributed by atoms with Gasteiger partial charge in [0.25, 0.3) is 5.91 Å². The highest BCUT2D eigenvalue weighted by Crippen LogP contribution is 2.61. The zero-order valence-electron chi connectivity index (χ0n) is 31.9. The molecule has 2 N–H and O–H groups in total. The fraction of sp³-hybridized carbons (Fsp3) is 0.524. The van der Waals surface area contributed by atoms with E-state index in [1.807, 2.05) is 68.4 Å². The Morgan fingerprint density at radius 3 is 2.33 bits per heavy atom. The van der Waals surface area contributed by atoms with E-state index in [1.54, 1.807) is 17.1 Å². The molecule has 5 rings (SSSR count). The molecule has 0 saturated carbocycles. The highest BCUT2D eigenvalue weighted by atomic mass is 79.9. The molecule has 11 nitrogen and oxygen atoms in total. The number of halogens is 1. The zero-order valence-corrected chi connectivity index (χ0v) is 33.5. The lowest BCUT2D eigenvalue weighted by Gasteiger charge is -2.40. The van der Waals surface area contributed by atoms with Crippen molar-refractivity contribution >= 4 is 51.0 Å². The number of esters is 1. The third-order valence-electron chi connectivity index (χ3n) is 10.9. The second-order valence-electron chi connectivity index (χ2n) is 14.8. The van der Waals surface area contributed by atoms with Gasteiger partial charge < -0.3 is 34.6 Å². The number of aliphatic hydroxyl groups is 1. The standard InChI is InChI=1S/C42H55BrN4O7/c1-7-11-17-34(49)44-25-33(28-15-13-12-14-16-28)53-41(52)35-36-39(50)47(31(26-48)23-27(5)6)38(42(36)24-32(43)37(35)54-42)40(51)46(22-8-2)30-20-18-29(19-21-30)45(9-3)10-4/h7-8,12-16,18-21,27,31-33,35-38,48H,1-2,9-11,17,22-26H2,3-6H3,(H,44,49)/t31-,32?,33+,35-,36+,37-,38-,42+/m1/s1. The number of aliphatic hydroxyl groups excluding tert-OH is 1. The number of anilines is 2. The van der Waals surface area contributed by atoms with Crippen molar-refractivity contribution in [1.29, 1.82) is 0 Å². The number of allylic oxidation sites excluding steroid dienone is 1. The van der Waals surface area contributed by atoms with Crippen molar-refractivity contribution < 1.29 is 33.8 Å². The molecular weight excluding hydrogens is 752 g/mol. The summed E-state index contributed by atoms with van der Waals surface area (Å²) in [5.41, 5.74) is 0.964. The van der Waals surface area contributed by atoms with E-state index in [4.69, 9.17) is 9.47 Å². The average Bonchev–Trinajstić information content (AvgIpc) is 3.77. The average molecular weight is 808 g/mol. The van der Waals surface area contributed by atoms with Crippen molar-refractivity contribution in [2.75, 3.05) is 42.6 Å². The Morgan fingerprint density at radius 1 is 1.07 bits per heavy atom. The molecule has 3 amide bonds. The Bertz CT molecular complexity index is 1650. The van der Waals surface area contributed by atoms with Crippen molar-refractivity contribution in [1.82, 2.24) is 10.2 Å². The molecule has 12 heteroatoms. The quantitative estimate of drug-likeness (QED) is 0.107. The number of ether oxygens (including phenoxy) is 2. The minimum absolute atomic E-state index is 0.0310. The Labute approximate surface area is 327 Å². The Morgan fingerprint density at radius 2 is 1.74 bits per heavy atom. The third-order valence-corrected chi connectivity index (χ3v) is 11.8. The molecule has 3 aliphatic rings. The van der Waals surface area contributed by atoms with Crippen LogP contribution in [0.4, 0.5) is 11.4 Å². The Hall–Kier alpha value is -4.00. The highest BCUT2D eigenvalue weighted by molar-refractivity contribution is 9.09. The molecule has 3 aliphatic heterocycles. The number of carbonyl (C=O) groups excluding carboxylic acids is 4. The van der Waals surface area contributed by atoms with Gasteiger partial charge in [0.05, 0.1) is 37.1 Å². The van der Waals surface area contributed by atoms with Crippen LogP contribution < -0.4 is 15.1 Å². The van der Waals surface area contributed by atoms with Crippen molar-refractivity contribution in [3.8, 4) is 0 Å². The molecular formula is C42H55BrN4O7. The van der Waals surface area contributed by atoms with Crippen molar-refractivity contribution in [3.05, 3.63) is 85.5 Å². The number of rotatable bonds is 19. The van der Waals surface area contributed by atoms with E-state index in [2.05, 4.69) is 53.2 Å². The number of hydrogen-bond donors (Lipinski definition) is 2. The monoisotopic (exact) mass is 806 g/mol. The molecule has 3 fully saturated rings. The van der Waals surface area contributed by atoms with Crippen LogP contribution in [0.2, 0.25) is 0 Å². The van der Waals surface area contributed by atoms with Gasteiger partial charge in [-0.3, -0.25) is 19.2 Å². The van der Waals surface area contributed by atoms with Gasteiger partial charge >= 0.3 is 5.97 Å². The first kappa shape index (κ1) is 41.2. The van der Waals surface area contributed by atoms with Crippen LogP contribution in [0.15, 0.2) is 79.9 Å². The minimum Gasteiger partial charge on any atom is -0.455 e. The number of benzene rings is 2. The summed E-state index contributed by atoms with van der Waals surface area (Å²) in [7, 11) is 0. The third kappa shape index (κ3) is 8.16. The van der Waals surface area contributed by atoms with Crippen molar-refractivity contribution in [2.24, 2.45) is 17.8 Å². The van der Waals surface area contributed by atoms with E-state index in [9.17, 15) is 19.5 Å². The predicted octanol–water partition coefficient (Wildman–Crippen LogP) is 5.57. The lowest BCUT2D eigenvalue weighted by atomic mass is 9.70. The first-order chi connectivity index (χ1) is 26.0. The van der Waals surface area contributed by atoms with E-state index in [-0.39, 0.29) is 48.7 Å². The molecule has 0 aliphatic carbocycles. The maximum absolute atomic E-state index is 15.2. The predicted molar refractivity (Wildman–Crippen MR) is 213 cm³/mol. The lowest BCUT2D eigenvalue weighted by molar-refractivity contribution is -0.161. The van der Waals surface area contributed by atoms with Crippen molar-refractivity contribution in [3.63, 3.8) is 0 Å². The first-order valence-electron chi connectivity index (χ1n) is 19.1. The fourth-order valence-electron chi connectivity index (χ4n) is 8.50. The molecule has 8 atom stereocenters. The smallest absolute Gasteiger partial charge is 0.313 e. The second kappa shape index (κ2) is 18.1. The van der Waals surface area contributed by atoms with Crippen LogP contribution in [0.25, 0.3) is 0 Å². The van der Waals surface area contributed by atoms with Gasteiger partial charge in [-0.05, 0) is 68.9 Å². The normalized spacial score (nSPS) is 25.2. The fourth-order valence-corrected chi connectivity index (χ4v) is 9.45. The van der Waals surface area contributed by atoms with E-state index in [0.717, 1.165) is 18.8 Å². The summed E-state index contributed by atoms with van der Waals surface area (Å²) in [6.45, 7) is 17.3. The van der Waals surface area contributed by atoms with Gasteiger partial charge in [0, 0.05) is 42.3 Å². The summed E-state index contributed by atoms with van der Waals surface area (Å²) >= 11 is 3.76. The van der Waals surface area contributed by atoms with Crippen LogP contribution >= 0.6 is 15.9 Å². The maximum Gasteiger partial charge on any atom is 0.313 e. The minimum atomic E-state index is -1.37. The van der Waals surface area contributed by atoms with E-state index >= 15 is 4.79 Å². The Balaban J connectivity index is 1.53. The maximum atomic E-state index is 15.2. The number of amides is 3. The largest absolute Gasteiger partial charge is 0.455 e. The van der Waals surface area contributed by atoms with Crippen molar-refractivity contribution in [2.45, 2.75) is 88.1 Å². The SMILES string of the molecule is C=CCCC(=O)NC[C@H](OC(=O)[C@H]1[C@@H]2O[C@@]3(CC2Br)[C@@H]1C(=O)N([C@@H](CO)CC(C)C)[C@@H]3C(=O)N(CC=C)c1ccc(N(CC)CC)cc1)c1ccccc1. The summed E-state index contributed by atoms with van der Waals surface area (Å²) in [5.74, 6) is -3.62. The number of alkyl halides is 1. The van der Waals surface area contributed by atoms with Crippen LogP contribution in [0.1, 0.15) is 65.0 Å². The molecule has 3 heterocycles. The summed E-state index contributed by atoms with van der Waals surface area (Å²) in [6.07, 6.45) is 3.22. The van der Waals surface area contributed by atoms with E-state index in [1.165, 1.54) is 4.90 Å². The molecule has 2 aromatic carbocycles. The number of carbonyl (C=O) groups is 4. The molecule has 1 unspecified atom stereocenters. The molecule has 3 saturated heterocycles. The molecule has 1 spiro atoms. The molecule has 54 heavy (non-hydrogen) atoms. The first-order valence-corrected chi connectivity index (χ1v) is 20.0. The topological polar surface area (TPSA) is 129 Å². The van der Waals surface area contributed by atoms with Gasteiger partial charge in [-0.15, -0.1) is 13.2 Å². The molecule has 2 aromatic rings. The summed E-state index contributed by atoms with van der Waals surface area (Å²) < 4.78 is 13.0. The Kier molecular flexibility index (Phi) is 13.8. The van der Waals surface area contributed by atoms with E-state index in [0.29, 0.717) is 30.5 Å². The number of hydrogen-bond acceptors (Lipinski definition) is 8. The summed E-state index contributed by atoms with van der Waals surface area (Å²) in [5, 5.41) is 13.6. The van der Waals surface area contributed by atoms with Crippen LogP contribution in [0.3, 0.4) is 0 Å². The van der Waals surface area contributed by atoms with Crippen LogP contribution in [-0.4, -0.2) is 95.1 Å². The zero-order chi connectivity index (χ0) is 39.2. The number of nitrogens with zero attached hydrogens (tertiary/aromatic N) is 3. The number of nitrogens with one attached hydrogen (secondary N) is 1. The summed E-state index contributed by atoms with van der Waals surface area (Å²) in [6, 6.07) is 15.0. The number of fused-ring (bicyclic) bond motifs is 1. The lowest BCUT2D eigenvalue weighted by Crippen LogP contribution is -2.59. The van der Waals surface area contributed by atoms with Gasteiger partial charge in [-0.25, -0.2) is 0 Å². The van der Waals surface area contributed by atoms with Gasteiger partial charge in [0.15, 0.2) is 0 Å².